The van der Waals surface area contributed by atoms with Crippen LogP contribution < -0.4 is 10.6 Å². The van der Waals surface area contributed by atoms with Gasteiger partial charge >= 0.3 is 0 Å². The van der Waals surface area contributed by atoms with Gasteiger partial charge < -0.3 is 20.8 Å². The van der Waals surface area contributed by atoms with Crippen LogP contribution in [0.2, 0.25) is 0 Å². The standard InChI is InChI=1S/2C18H16N2O2S2/c2*1-18(16(22)20-17-19-6-8-24-17)10-11-4-5-12(21)9-13(11)15(18)14-3-2-7-23-14/h2*2-9,15,21H,10H2,1H3,(H,19,20,22)/t15-,18+;15-,18-/m11/s1. The lowest BCUT2D eigenvalue weighted by Crippen LogP contribution is -2.37. The zero-order chi connectivity index (χ0) is 33.5. The average molecular weight is 713 g/mol. The van der Waals surface area contributed by atoms with E-state index < -0.39 is 10.8 Å². The highest BCUT2D eigenvalue weighted by atomic mass is 32.1. The van der Waals surface area contributed by atoms with Crippen LogP contribution in [0.1, 0.15) is 57.7 Å². The van der Waals surface area contributed by atoms with Crippen molar-refractivity contribution in [2.24, 2.45) is 10.8 Å². The van der Waals surface area contributed by atoms with E-state index in [0.717, 1.165) is 32.0 Å². The van der Waals surface area contributed by atoms with E-state index in [9.17, 15) is 19.8 Å². The minimum atomic E-state index is -0.618. The van der Waals surface area contributed by atoms with Crippen molar-refractivity contribution in [3.05, 3.63) is 127 Å². The number of fused-ring (bicyclic) bond motifs is 2. The first kappa shape index (κ1) is 32.2. The SMILES string of the molecule is C[C@@]1(C(=O)Nc2nccs2)Cc2ccc(O)cc2[C@@H]1c1cccs1.C[C@]1(C(=O)Nc2nccs2)Cc2ccc(O)cc2[C@@H]1c1cccs1. The van der Waals surface area contributed by atoms with Gasteiger partial charge in [-0.25, -0.2) is 9.97 Å². The molecule has 2 aliphatic rings. The molecule has 8 rings (SSSR count). The van der Waals surface area contributed by atoms with Gasteiger partial charge in [0.1, 0.15) is 11.5 Å². The molecule has 244 valence electrons. The van der Waals surface area contributed by atoms with Gasteiger partial charge in [0.05, 0.1) is 10.8 Å². The Bertz CT molecular complexity index is 1900. The normalized spacial score (nSPS) is 22.3. The van der Waals surface area contributed by atoms with Crippen molar-refractivity contribution >= 4 is 67.4 Å². The molecular weight excluding hydrogens is 681 g/mol. The van der Waals surface area contributed by atoms with Crippen LogP contribution in [0, 0.1) is 10.8 Å². The van der Waals surface area contributed by atoms with E-state index in [1.807, 2.05) is 59.6 Å². The molecule has 0 saturated heterocycles. The maximum Gasteiger partial charge on any atom is 0.233 e. The number of amides is 2. The predicted molar refractivity (Wildman–Crippen MR) is 194 cm³/mol. The van der Waals surface area contributed by atoms with E-state index in [-0.39, 0.29) is 35.1 Å². The smallest absolute Gasteiger partial charge is 0.233 e. The number of thiophene rings is 2. The second-order valence-corrected chi connectivity index (χ2v) is 16.2. The Labute approximate surface area is 293 Å². The Kier molecular flexibility index (Phi) is 8.67. The number of carbonyl (C=O) groups is 2. The lowest BCUT2D eigenvalue weighted by molar-refractivity contribution is -0.125. The second-order valence-electron chi connectivity index (χ2n) is 12.4. The number of aromatic hydroxyl groups is 2. The first-order chi connectivity index (χ1) is 23.2. The fourth-order valence-electron chi connectivity index (χ4n) is 7.02. The molecule has 2 aromatic carbocycles. The fraction of sp³-hybridized carbons (Fsp3) is 0.222. The summed E-state index contributed by atoms with van der Waals surface area (Å²) in [4.78, 5) is 36.8. The summed E-state index contributed by atoms with van der Waals surface area (Å²) in [6, 6.07) is 18.9. The lowest BCUT2D eigenvalue weighted by Gasteiger charge is -2.29. The molecule has 4 N–H and O–H groups in total. The number of phenols is 2. The summed E-state index contributed by atoms with van der Waals surface area (Å²) in [7, 11) is 0. The van der Waals surface area contributed by atoms with E-state index in [2.05, 4.69) is 32.7 Å². The number of aromatic nitrogens is 2. The Balaban J connectivity index is 0.000000152. The minimum Gasteiger partial charge on any atom is -0.508 e. The van der Waals surface area contributed by atoms with E-state index in [1.54, 1.807) is 59.3 Å². The molecule has 0 radical (unpaired) electrons. The van der Waals surface area contributed by atoms with Gasteiger partial charge in [0.25, 0.3) is 0 Å². The van der Waals surface area contributed by atoms with Crippen molar-refractivity contribution in [3.8, 4) is 11.5 Å². The van der Waals surface area contributed by atoms with Crippen molar-refractivity contribution in [3.63, 3.8) is 0 Å². The molecule has 4 atom stereocenters. The largest absolute Gasteiger partial charge is 0.508 e. The van der Waals surface area contributed by atoms with E-state index >= 15 is 0 Å². The van der Waals surface area contributed by atoms with Crippen LogP contribution in [-0.2, 0) is 22.4 Å². The summed E-state index contributed by atoms with van der Waals surface area (Å²) in [6.07, 6.45) is 4.65. The maximum atomic E-state index is 13.1. The molecule has 12 heteroatoms. The zero-order valence-electron chi connectivity index (χ0n) is 26.0. The molecule has 2 amide bonds. The summed E-state index contributed by atoms with van der Waals surface area (Å²) in [6.45, 7) is 3.99. The van der Waals surface area contributed by atoms with Crippen molar-refractivity contribution in [1.82, 2.24) is 9.97 Å². The molecule has 0 spiro atoms. The van der Waals surface area contributed by atoms with Gasteiger partial charge in [-0.1, -0.05) is 24.3 Å². The molecule has 2 aliphatic carbocycles. The highest BCUT2D eigenvalue weighted by Crippen LogP contribution is 2.54. The number of hydrogen-bond donors (Lipinski definition) is 4. The van der Waals surface area contributed by atoms with Crippen LogP contribution >= 0.6 is 45.3 Å². The fourth-order valence-corrected chi connectivity index (χ4v) is 10.1. The number of benzene rings is 2. The van der Waals surface area contributed by atoms with Gasteiger partial charge in [0.15, 0.2) is 10.3 Å². The second kappa shape index (κ2) is 12.9. The molecular formula is C36H32N4O4S4. The monoisotopic (exact) mass is 712 g/mol. The lowest BCUT2D eigenvalue weighted by atomic mass is 9.76. The number of rotatable bonds is 6. The first-order valence-corrected chi connectivity index (χ1v) is 18.8. The first-order valence-electron chi connectivity index (χ1n) is 15.3. The van der Waals surface area contributed by atoms with Gasteiger partial charge in [-0.05, 0) is 96.1 Å². The highest BCUT2D eigenvalue weighted by molar-refractivity contribution is 7.14. The summed E-state index contributed by atoms with van der Waals surface area (Å²) in [5, 5.41) is 34.7. The number of carbonyl (C=O) groups excluding carboxylic acids is 2. The summed E-state index contributed by atoms with van der Waals surface area (Å²) in [5.41, 5.74) is 3.06. The number of anilines is 2. The number of nitrogens with one attached hydrogen (secondary N) is 2. The summed E-state index contributed by atoms with van der Waals surface area (Å²) in [5.74, 6) is 0.261. The van der Waals surface area contributed by atoms with Crippen LogP contribution in [0.15, 0.2) is 94.6 Å². The molecule has 0 unspecified atom stereocenters. The molecule has 0 bridgehead atoms. The van der Waals surface area contributed by atoms with E-state index in [1.165, 1.54) is 22.7 Å². The molecule has 4 aromatic heterocycles. The predicted octanol–water partition coefficient (Wildman–Crippen LogP) is 8.49. The zero-order valence-corrected chi connectivity index (χ0v) is 29.3. The third-order valence-corrected chi connectivity index (χ3v) is 12.5. The number of thiazole rings is 2. The minimum absolute atomic E-state index is 0.0356. The van der Waals surface area contributed by atoms with Crippen molar-refractivity contribution in [1.29, 1.82) is 0 Å². The third kappa shape index (κ3) is 5.94. The van der Waals surface area contributed by atoms with Gasteiger partial charge in [-0.15, -0.1) is 45.3 Å². The Morgan fingerprint density at radius 1 is 0.667 bits per heavy atom. The van der Waals surface area contributed by atoms with Crippen LogP contribution in [0.5, 0.6) is 11.5 Å². The van der Waals surface area contributed by atoms with Crippen LogP contribution in [-0.4, -0.2) is 32.0 Å². The van der Waals surface area contributed by atoms with Crippen molar-refractivity contribution in [2.45, 2.75) is 38.5 Å². The number of phenolic OH excluding ortho intramolecular Hbond substituents is 2. The van der Waals surface area contributed by atoms with Crippen LogP contribution in [0.4, 0.5) is 10.3 Å². The molecule has 0 aliphatic heterocycles. The number of hydrogen-bond acceptors (Lipinski definition) is 10. The van der Waals surface area contributed by atoms with Crippen molar-refractivity contribution in [2.75, 3.05) is 10.6 Å². The van der Waals surface area contributed by atoms with Crippen LogP contribution in [0.3, 0.4) is 0 Å². The molecule has 8 nitrogen and oxygen atoms in total. The Hall–Kier alpha value is -4.36. The molecule has 0 saturated carbocycles. The topological polar surface area (TPSA) is 124 Å². The highest BCUT2D eigenvalue weighted by Gasteiger charge is 2.50. The Morgan fingerprint density at radius 2 is 1.10 bits per heavy atom. The van der Waals surface area contributed by atoms with Gasteiger partial charge in [0, 0.05) is 44.7 Å². The molecule has 48 heavy (non-hydrogen) atoms. The summed E-state index contributed by atoms with van der Waals surface area (Å²) >= 11 is 6.11. The van der Waals surface area contributed by atoms with E-state index in [4.69, 9.17) is 0 Å². The van der Waals surface area contributed by atoms with Gasteiger partial charge in [0.2, 0.25) is 11.8 Å². The van der Waals surface area contributed by atoms with E-state index in [0.29, 0.717) is 23.1 Å². The van der Waals surface area contributed by atoms with Crippen molar-refractivity contribution < 1.29 is 19.8 Å². The molecule has 4 heterocycles. The molecule has 6 aromatic rings. The summed E-state index contributed by atoms with van der Waals surface area (Å²) < 4.78 is 0. The maximum absolute atomic E-state index is 13.1. The third-order valence-electron chi connectivity index (χ3n) is 9.27. The van der Waals surface area contributed by atoms with Gasteiger partial charge in [-0.2, -0.15) is 0 Å². The quantitative estimate of drug-likeness (QED) is 0.137. The average Bonchev–Trinajstić information content (AvgIpc) is 3.89. The Morgan fingerprint density at radius 3 is 1.46 bits per heavy atom. The molecule has 0 fully saturated rings. The number of nitrogens with zero attached hydrogens (tertiary/aromatic N) is 2. The van der Waals surface area contributed by atoms with Crippen LogP contribution in [0.25, 0.3) is 0 Å². The van der Waals surface area contributed by atoms with Gasteiger partial charge in [-0.3, -0.25) is 9.59 Å².